The molecular weight excluding hydrogens is 194 g/mol. The molecule has 82 valence electrons. The van der Waals surface area contributed by atoms with Crippen LogP contribution in [0.4, 0.5) is 0 Å². The van der Waals surface area contributed by atoms with Crippen molar-refractivity contribution in [2.45, 2.75) is 18.9 Å². The van der Waals surface area contributed by atoms with Gasteiger partial charge in [-0.1, -0.05) is 6.58 Å². The van der Waals surface area contributed by atoms with Crippen LogP contribution in [0, 0.1) is 0 Å². The van der Waals surface area contributed by atoms with Gasteiger partial charge in [0, 0.05) is 30.4 Å². The van der Waals surface area contributed by atoms with Gasteiger partial charge in [-0.25, -0.2) is 4.68 Å². The number of aromatic nitrogens is 2. The van der Waals surface area contributed by atoms with E-state index in [4.69, 9.17) is 5.73 Å². The second-order valence-electron chi connectivity index (χ2n) is 3.16. The number of esters is 1. The molecule has 1 aromatic heterocycles. The summed E-state index contributed by atoms with van der Waals surface area (Å²) < 4.78 is 6.11. The molecule has 0 spiro atoms. The lowest BCUT2D eigenvalue weighted by molar-refractivity contribution is -0.140. The van der Waals surface area contributed by atoms with Crippen molar-refractivity contribution in [2.75, 3.05) is 7.11 Å². The lowest BCUT2D eigenvalue weighted by Crippen LogP contribution is -2.12. The van der Waals surface area contributed by atoms with Crippen molar-refractivity contribution < 1.29 is 9.53 Å². The molecule has 0 amide bonds. The van der Waals surface area contributed by atoms with E-state index < -0.39 is 0 Å². The molecule has 1 heterocycles. The van der Waals surface area contributed by atoms with Crippen LogP contribution in [0.15, 0.2) is 19.0 Å². The lowest BCUT2D eigenvalue weighted by Gasteiger charge is -2.07. The average molecular weight is 209 g/mol. The van der Waals surface area contributed by atoms with E-state index in [-0.39, 0.29) is 12.0 Å². The highest BCUT2D eigenvalue weighted by Crippen LogP contribution is 2.15. The molecule has 1 aromatic rings. The van der Waals surface area contributed by atoms with E-state index in [1.165, 1.54) is 7.11 Å². The summed E-state index contributed by atoms with van der Waals surface area (Å²) in [5.41, 5.74) is 6.76. The minimum absolute atomic E-state index is 0.196. The van der Waals surface area contributed by atoms with Crippen molar-refractivity contribution >= 4 is 12.2 Å². The molecule has 2 N–H and O–H groups in total. The van der Waals surface area contributed by atoms with Gasteiger partial charge in [-0.3, -0.25) is 4.79 Å². The summed E-state index contributed by atoms with van der Waals surface area (Å²) in [5, 5.41) is 4.01. The Morgan fingerprint density at radius 1 is 1.87 bits per heavy atom. The highest BCUT2D eigenvalue weighted by Gasteiger charge is 2.10. The van der Waals surface area contributed by atoms with Gasteiger partial charge in [-0.2, -0.15) is 5.10 Å². The van der Waals surface area contributed by atoms with E-state index in [0.717, 1.165) is 5.56 Å². The number of rotatable bonds is 5. The topological polar surface area (TPSA) is 70.1 Å². The molecule has 0 aliphatic carbocycles. The minimum atomic E-state index is -0.249. The van der Waals surface area contributed by atoms with E-state index in [1.54, 1.807) is 23.3 Å². The quantitative estimate of drug-likeness (QED) is 0.732. The Balaban J connectivity index is 2.49. The van der Waals surface area contributed by atoms with Gasteiger partial charge in [0.05, 0.1) is 13.3 Å². The molecule has 15 heavy (non-hydrogen) atoms. The molecule has 5 heteroatoms. The summed E-state index contributed by atoms with van der Waals surface area (Å²) in [6, 6.07) is -0.196. The fourth-order valence-corrected chi connectivity index (χ4v) is 1.19. The van der Waals surface area contributed by atoms with Crippen LogP contribution in [0.3, 0.4) is 0 Å². The third-order valence-corrected chi connectivity index (χ3v) is 2.12. The molecule has 1 rings (SSSR count). The summed E-state index contributed by atoms with van der Waals surface area (Å²) in [7, 11) is 1.36. The number of hydrogen-bond donors (Lipinski definition) is 1. The molecule has 0 bridgehead atoms. The fourth-order valence-electron chi connectivity index (χ4n) is 1.19. The fraction of sp³-hybridized carbons (Fsp3) is 0.400. The third kappa shape index (κ3) is 3.21. The summed E-state index contributed by atoms with van der Waals surface area (Å²) in [4.78, 5) is 10.9. The highest BCUT2D eigenvalue weighted by molar-refractivity contribution is 5.69. The van der Waals surface area contributed by atoms with Gasteiger partial charge in [0.2, 0.25) is 0 Å². The molecule has 1 unspecified atom stereocenters. The van der Waals surface area contributed by atoms with Gasteiger partial charge in [-0.05, 0) is 6.42 Å². The Morgan fingerprint density at radius 2 is 2.60 bits per heavy atom. The second kappa shape index (κ2) is 5.31. The van der Waals surface area contributed by atoms with Crippen molar-refractivity contribution in [2.24, 2.45) is 5.73 Å². The first-order valence-electron chi connectivity index (χ1n) is 4.66. The SMILES string of the molecule is C=Cn1cc(C(N)CCC(=O)OC)cn1. The van der Waals surface area contributed by atoms with E-state index in [0.29, 0.717) is 12.8 Å². The van der Waals surface area contributed by atoms with Crippen molar-refractivity contribution in [3.05, 3.63) is 24.5 Å². The third-order valence-electron chi connectivity index (χ3n) is 2.12. The lowest BCUT2D eigenvalue weighted by atomic mass is 10.1. The Labute approximate surface area is 88.5 Å². The molecular formula is C10H15N3O2. The minimum Gasteiger partial charge on any atom is -0.469 e. The van der Waals surface area contributed by atoms with Crippen LogP contribution in [0.5, 0.6) is 0 Å². The molecule has 5 nitrogen and oxygen atoms in total. The molecule has 0 aromatic carbocycles. The molecule has 0 saturated carbocycles. The van der Waals surface area contributed by atoms with E-state index in [9.17, 15) is 4.79 Å². The van der Waals surface area contributed by atoms with Crippen LogP contribution in [0.2, 0.25) is 0 Å². The van der Waals surface area contributed by atoms with Crippen LogP contribution in [-0.2, 0) is 9.53 Å². The van der Waals surface area contributed by atoms with Gasteiger partial charge in [0.1, 0.15) is 0 Å². The Morgan fingerprint density at radius 3 is 3.13 bits per heavy atom. The number of ether oxygens (including phenoxy) is 1. The zero-order chi connectivity index (χ0) is 11.3. The smallest absolute Gasteiger partial charge is 0.305 e. The first-order valence-corrected chi connectivity index (χ1v) is 4.66. The predicted octanol–water partition coefficient (Wildman–Crippen LogP) is 0.937. The van der Waals surface area contributed by atoms with Crippen molar-refractivity contribution in [3.63, 3.8) is 0 Å². The molecule has 0 fully saturated rings. The maximum atomic E-state index is 10.9. The number of nitrogens with two attached hydrogens (primary N) is 1. The van der Waals surface area contributed by atoms with Gasteiger partial charge < -0.3 is 10.5 Å². The summed E-state index contributed by atoms with van der Waals surface area (Å²) in [6.07, 6.45) is 5.90. The zero-order valence-corrected chi connectivity index (χ0v) is 8.72. The Hall–Kier alpha value is -1.62. The molecule has 0 aliphatic rings. The number of carbonyl (C=O) groups excluding carboxylic acids is 1. The predicted molar refractivity (Wildman–Crippen MR) is 56.8 cm³/mol. The maximum absolute atomic E-state index is 10.9. The number of methoxy groups -OCH3 is 1. The van der Waals surface area contributed by atoms with Crippen LogP contribution >= 0.6 is 0 Å². The molecule has 1 atom stereocenters. The van der Waals surface area contributed by atoms with Crippen LogP contribution in [0.25, 0.3) is 6.20 Å². The Kier molecular flexibility index (Phi) is 4.05. The standard InChI is InChI=1S/C10H15N3O2/c1-3-13-7-8(6-12-13)9(11)4-5-10(14)15-2/h3,6-7,9H,1,4-5,11H2,2H3. The molecule has 0 saturated heterocycles. The average Bonchev–Trinajstić information content (AvgIpc) is 2.73. The summed E-state index contributed by atoms with van der Waals surface area (Å²) in [5.74, 6) is -0.249. The second-order valence-corrected chi connectivity index (χ2v) is 3.16. The number of carbonyl (C=O) groups is 1. The van der Waals surface area contributed by atoms with Crippen molar-refractivity contribution in [1.29, 1.82) is 0 Å². The van der Waals surface area contributed by atoms with Gasteiger partial charge in [0.25, 0.3) is 0 Å². The van der Waals surface area contributed by atoms with Crippen LogP contribution < -0.4 is 5.73 Å². The van der Waals surface area contributed by atoms with Gasteiger partial charge in [0.15, 0.2) is 0 Å². The van der Waals surface area contributed by atoms with E-state index in [1.807, 2.05) is 0 Å². The van der Waals surface area contributed by atoms with Crippen molar-refractivity contribution in [1.82, 2.24) is 9.78 Å². The first-order chi connectivity index (χ1) is 7.17. The monoisotopic (exact) mass is 209 g/mol. The highest BCUT2D eigenvalue weighted by atomic mass is 16.5. The first kappa shape index (κ1) is 11.5. The van der Waals surface area contributed by atoms with Crippen molar-refractivity contribution in [3.8, 4) is 0 Å². The van der Waals surface area contributed by atoms with Crippen LogP contribution in [0.1, 0.15) is 24.4 Å². The largest absolute Gasteiger partial charge is 0.469 e. The Bertz CT molecular complexity index is 346. The maximum Gasteiger partial charge on any atom is 0.305 e. The number of nitrogens with zero attached hydrogens (tertiary/aromatic N) is 2. The normalized spacial score (nSPS) is 12.1. The molecule has 0 radical (unpaired) electrons. The molecule has 0 aliphatic heterocycles. The van der Waals surface area contributed by atoms with Crippen LogP contribution in [-0.4, -0.2) is 22.9 Å². The van der Waals surface area contributed by atoms with Gasteiger partial charge in [-0.15, -0.1) is 0 Å². The van der Waals surface area contributed by atoms with E-state index >= 15 is 0 Å². The van der Waals surface area contributed by atoms with Gasteiger partial charge >= 0.3 is 5.97 Å². The number of hydrogen-bond acceptors (Lipinski definition) is 4. The summed E-state index contributed by atoms with van der Waals surface area (Å²) in [6.45, 7) is 3.58. The van der Waals surface area contributed by atoms with E-state index in [2.05, 4.69) is 16.4 Å². The zero-order valence-electron chi connectivity index (χ0n) is 8.72. The summed E-state index contributed by atoms with van der Waals surface area (Å²) >= 11 is 0.